The zero-order chi connectivity index (χ0) is 21.4. The fourth-order valence-corrected chi connectivity index (χ4v) is 4.00. The van der Waals surface area contributed by atoms with Crippen molar-refractivity contribution in [1.29, 1.82) is 0 Å². The van der Waals surface area contributed by atoms with Crippen LogP contribution in [-0.4, -0.2) is 33.8 Å². The minimum absolute atomic E-state index is 0.349. The lowest BCUT2D eigenvalue weighted by atomic mass is 10.1. The van der Waals surface area contributed by atoms with Crippen LogP contribution in [0.5, 0.6) is 5.75 Å². The first kappa shape index (κ1) is 23.0. The van der Waals surface area contributed by atoms with E-state index in [-0.39, 0.29) is 0 Å². The summed E-state index contributed by atoms with van der Waals surface area (Å²) in [6.45, 7) is 7.96. The van der Waals surface area contributed by atoms with Crippen LogP contribution >= 0.6 is 11.6 Å². The molecule has 0 saturated carbocycles. The van der Waals surface area contributed by atoms with E-state index in [9.17, 15) is 8.42 Å². The van der Waals surface area contributed by atoms with Gasteiger partial charge in [-0.05, 0) is 50.1 Å². The number of hydrogen-bond acceptors (Lipinski definition) is 4. The lowest BCUT2D eigenvalue weighted by Gasteiger charge is -2.14. The van der Waals surface area contributed by atoms with Crippen LogP contribution in [0.4, 0.5) is 0 Å². The number of nitrogens with one attached hydrogen (secondary N) is 2. The molecule has 0 aromatic heterocycles. The second-order valence-corrected chi connectivity index (χ2v) is 9.03. The summed E-state index contributed by atoms with van der Waals surface area (Å²) in [6, 6.07) is 10.9. The molecule has 0 aliphatic rings. The van der Waals surface area contributed by atoms with Crippen molar-refractivity contribution in [2.75, 3.05) is 19.4 Å². The second kappa shape index (κ2) is 10.5. The van der Waals surface area contributed by atoms with Gasteiger partial charge in [0.1, 0.15) is 5.75 Å². The number of nitrogens with zero attached hydrogens (tertiary/aromatic N) is 1. The molecule has 0 aliphatic heterocycles. The molecule has 0 radical (unpaired) electrons. The average molecular weight is 438 g/mol. The molecule has 8 heteroatoms. The second-order valence-electron chi connectivity index (χ2n) is 6.61. The Balaban J connectivity index is 2.12. The number of sulfone groups is 1. The fourth-order valence-electron chi connectivity index (χ4n) is 2.88. The van der Waals surface area contributed by atoms with Crippen LogP contribution in [0.25, 0.3) is 0 Å². The van der Waals surface area contributed by atoms with Crippen LogP contribution in [0, 0.1) is 6.92 Å². The molecule has 158 valence electrons. The zero-order valence-corrected chi connectivity index (χ0v) is 18.8. The van der Waals surface area contributed by atoms with Crippen molar-refractivity contribution >= 4 is 27.4 Å². The molecule has 6 nitrogen and oxygen atoms in total. The van der Waals surface area contributed by atoms with Crippen molar-refractivity contribution in [3.8, 4) is 5.75 Å². The summed E-state index contributed by atoms with van der Waals surface area (Å²) in [7, 11) is -3.22. The van der Waals surface area contributed by atoms with Gasteiger partial charge < -0.3 is 15.4 Å². The van der Waals surface area contributed by atoms with E-state index in [1.54, 1.807) is 25.1 Å². The van der Waals surface area contributed by atoms with Gasteiger partial charge in [-0.25, -0.2) is 13.4 Å². The van der Waals surface area contributed by atoms with E-state index in [2.05, 4.69) is 15.6 Å². The number of benzene rings is 2. The van der Waals surface area contributed by atoms with Crippen molar-refractivity contribution in [2.24, 2.45) is 4.99 Å². The molecular formula is C21H28ClN3O3S. The Hall–Kier alpha value is -2.25. The summed E-state index contributed by atoms with van der Waals surface area (Å²) >= 11 is 6.06. The maximum atomic E-state index is 11.8. The van der Waals surface area contributed by atoms with Crippen LogP contribution in [-0.2, 0) is 22.9 Å². The number of halogens is 1. The Morgan fingerprint density at radius 3 is 2.52 bits per heavy atom. The minimum Gasteiger partial charge on any atom is -0.493 e. The van der Waals surface area contributed by atoms with Gasteiger partial charge in [0.25, 0.3) is 0 Å². The summed E-state index contributed by atoms with van der Waals surface area (Å²) in [4.78, 5) is 4.95. The monoisotopic (exact) mass is 437 g/mol. The normalized spacial score (nSPS) is 12.0. The van der Waals surface area contributed by atoms with Gasteiger partial charge in [0, 0.05) is 29.9 Å². The number of aliphatic imine (C=N–C) groups is 1. The Morgan fingerprint density at radius 2 is 1.90 bits per heavy atom. The molecule has 0 bridgehead atoms. The van der Waals surface area contributed by atoms with Gasteiger partial charge >= 0.3 is 0 Å². The molecule has 0 unspecified atom stereocenters. The smallest absolute Gasteiger partial charge is 0.191 e. The van der Waals surface area contributed by atoms with Gasteiger partial charge in [0.2, 0.25) is 0 Å². The SMILES string of the molecule is CCNC(=NCc1ccc(S(C)(=O)=O)c(C)c1)NCc1ccc(Cl)cc1OCC. The fraction of sp³-hybridized carbons (Fsp3) is 0.381. The Morgan fingerprint density at radius 1 is 1.14 bits per heavy atom. The molecule has 0 saturated heterocycles. The van der Waals surface area contributed by atoms with Gasteiger partial charge in [-0.15, -0.1) is 0 Å². The summed E-state index contributed by atoms with van der Waals surface area (Å²) < 4.78 is 29.2. The van der Waals surface area contributed by atoms with Crippen molar-refractivity contribution in [3.63, 3.8) is 0 Å². The van der Waals surface area contributed by atoms with Crippen LogP contribution in [0.15, 0.2) is 46.3 Å². The highest BCUT2D eigenvalue weighted by atomic mass is 35.5. The first-order valence-corrected chi connectivity index (χ1v) is 11.7. The molecule has 0 fully saturated rings. The van der Waals surface area contributed by atoms with Gasteiger partial charge in [-0.2, -0.15) is 0 Å². The number of aryl methyl sites for hydroxylation is 1. The Labute approximate surface area is 178 Å². The largest absolute Gasteiger partial charge is 0.493 e. The van der Waals surface area contributed by atoms with E-state index in [0.717, 1.165) is 29.0 Å². The third kappa shape index (κ3) is 6.94. The van der Waals surface area contributed by atoms with Crippen molar-refractivity contribution < 1.29 is 13.2 Å². The van der Waals surface area contributed by atoms with Gasteiger partial charge in [-0.1, -0.05) is 29.8 Å². The highest BCUT2D eigenvalue weighted by Gasteiger charge is 2.11. The molecule has 0 heterocycles. The Kier molecular flexibility index (Phi) is 8.34. The maximum Gasteiger partial charge on any atom is 0.191 e. The summed E-state index contributed by atoms with van der Waals surface area (Å²) in [5, 5.41) is 7.14. The third-order valence-electron chi connectivity index (χ3n) is 4.18. The average Bonchev–Trinajstić information content (AvgIpc) is 2.64. The van der Waals surface area contributed by atoms with E-state index in [1.165, 1.54) is 6.26 Å². The van der Waals surface area contributed by atoms with Crippen LogP contribution in [0.3, 0.4) is 0 Å². The van der Waals surface area contributed by atoms with E-state index < -0.39 is 9.84 Å². The molecule has 2 aromatic carbocycles. The number of ether oxygens (including phenoxy) is 1. The topological polar surface area (TPSA) is 79.8 Å². The van der Waals surface area contributed by atoms with Crippen molar-refractivity contribution in [1.82, 2.24) is 10.6 Å². The molecule has 2 aromatic rings. The quantitative estimate of drug-likeness (QED) is 0.486. The van der Waals surface area contributed by atoms with E-state index in [4.69, 9.17) is 16.3 Å². The number of hydrogen-bond donors (Lipinski definition) is 2. The molecule has 0 spiro atoms. The molecule has 0 amide bonds. The summed E-state index contributed by atoms with van der Waals surface area (Å²) in [5.74, 6) is 1.41. The van der Waals surface area contributed by atoms with E-state index >= 15 is 0 Å². The van der Waals surface area contributed by atoms with E-state index in [0.29, 0.717) is 35.6 Å². The first-order chi connectivity index (χ1) is 13.7. The van der Waals surface area contributed by atoms with Crippen molar-refractivity contribution in [2.45, 2.75) is 38.8 Å². The van der Waals surface area contributed by atoms with Crippen LogP contribution in [0.2, 0.25) is 5.02 Å². The molecule has 2 rings (SSSR count). The number of guanidine groups is 1. The predicted octanol–water partition coefficient (Wildman–Crippen LogP) is 3.71. The molecule has 29 heavy (non-hydrogen) atoms. The van der Waals surface area contributed by atoms with Gasteiger partial charge in [0.15, 0.2) is 15.8 Å². The molecule has 0 atom stereocenters. The standard InChI is InChI=1S/C21H28ClN3O3S/c1-5-23-21(25-14-17-8-9-18(22)12-19(17)28-6-2)24-13-16-7-10-20(15(3)11-16)29(4,26)27/h7-12H,5-6,13-14H2,1-4H3,(H2,23,24,25). The summed E-state index contributed by atoms with van der Waals surface area (Å²) in [5.41, 5.74) is 2.64. The van der Waals surface area contributed by atoms with E-state index in [1.807, 2.05) is 32.0 Å². The van der Waals surface area contributed by atoms with Gasteiger partial charge in [-0.3, -0.25) is 0 Å². The van der Waals surface area contributed by atoms with Crippen LogP contribution in [0.1, 0.15) is 30.5 Å². The number of rotatable bonds is 8. The lowest BCUT2D eigenvalue weighted by Crippen LogP contribution is -2.36. The first-order valence-electron chi connectivity index (χ1n) is 9.47. The van der Waals surface area contributed by atoms with Crippen molar-refractivity contribution in [3.05, 3.63) is 58.1 Å². The molecule has 0 aliphatic carbocycles. The van der Waals surface area contributed by atoms with Gasteiger partial charge in [0.05, 0.1) is 18.0 Å². The molecular weight excluding hydrogens is 410 g/mol. The predicted molar refractivity (Wildman–Crippen MR) is 119 cm³/mol. The highest BCUT2D eigenvalue weighted by Crippen LogP contribution is 2.23. The Bertz CT molecular complexity index is 975. The third-order valence-corrected chi connectivity index (χ3v) is 5.67. The molecule has 2 N–H and O–H groups in total. The lowest BCUT2D eigenvalue weighted by molar-refractivity contribution is 0.336. The zero-order valence-electron chi connectivity index (χ0n) is 17.3. The minimum atomic E-state index is -3.22. The summed E-state index contributed by atoms with van der Waals surface area (Å²) in [6.07, 6.45) is 1.22. The van der Waals surface area contributed by atoms with Crippen LogP contribution < -0.4 is 15.4 Å². The maximum absolute atomic E-state index is 11.8. The highest BCUT2D eigenvalue weighted by molar-refractivity contribution is 7.90.